The number of guanidine groups is 1. The van der Waals surface area contributed by atoms with Crippen LogP contribution < -0.4 is 20.7 Å². The third-order valence-electron chi connectivity index (χ3n) is 3.36. The molecule has 0 bridgehead atoms. The Morgan fingerprint density at radius 1 is 1.19 bits per heavy atom. The van der Waals surface area contributed by atoms with Crippen molar-refractivity contribution in [2.75, 3.05) is 19.7 Å². The predicted molar refractivity (Wildman–Crippen MR) is 108 cm³/mol. The van der Waals surface area contributed by atoms with Crippen LogP contribution in [-0.2, 0) is 11.3 Å². The van der Waals surface area contributed by atoms with E-state index in [4.69, 9.17) is 4.74 Å². The van der Waals surface area contributed by atoms with Crippen LogP contribution >= 0.6 is 0 Å². The lowest BCUT2D eigenvalue weighted by atomic mass is 10.1. The molecule has 0 spiro atoms. The zero-order chi connectivity index (χ0) is 19.4. The normalized spacial score (nSPS) is 11.8. The number of amides is 1. The number of aliphatic imine (C=N–C) groups is 1. The summed E-state index contributed by atoms with van der Waals surface area (Å²) in [5.41, 5.74) is 0.822. The minimum Gasteiger partial charge on any atom is -0.494 e. The summed E-state index contributed by atoms with van der Waals surface area (Å²) >= 11 is 0. The number of hydrogen-bond acceptors (Lipinski definition) is 3. The second kappa shape index (κ2) is 11.4. The van der Waals surface area contributed by atoms with Gasteiger partial charge in [-0.15, -0.1) is 0 Å². The third-order valence-corrected chi connectivity index (χ3v) is 3.36. The average Bonchev–Trinajstić information content (AvgIpc) is 2.56. The number of carbonyl (C=O) groups excluding carboxylic acids is 1. The fraction of sp³-hybridized carbons (Fsp3) is 0.600. The first kappa shape index (κ1) is 21.8. The third kappa shape index (κ3) is 9.91. The maximum atomic E-state index is 11.9. The lowest BCUT2D eigenvalue weighted by molar-refractivity contribution is -0.121. The van der Waals surface area contributed by atoms with Crippen LogP contribution in [0.4, 0.5) is 0 Å². The molecule has 0 aromatic heterocycles. The summed E-state index contributed by atoms with van der Waals surface area (Å²) in [6.45, 7) is 12.2. The number of nitrogens with one attached hydrogen (secondary N) is 3. The van der Waals surface area contributed by atoms with Gasteiger partial charge in [0, 0.05) is 12.1 Å². The van der Waals surface area contributed by atoms with Crippen molar-refractivity contribution in [3.63, 3.8) is 0 Å². The molecule has 0 unspecified atom stereocenters. The van der Waals surface area contributed by atoms with Gasteiger partial charge in [-0.3, -0.25) is 4.79 Å². The molecule has 0 atom stereocenters. The van der Waals surface area contributed by atoms with E-state index >= 15 is 0 Å². The second-order valence-corrected chi connectivity index (χ2v) is 7.20. The monoisotopic (exact) mass is 362 g/mol. The van der Waals surface area contributed by atoms with Gasteiger partial charge in [0.05, 0.1) is 19.7 Å². The molecule has 1 amide bonds. The number of carbonyl (C=O) groups is 1. The van der Waals surface area contributed by atoms with Crippen LogP contribution in [0, 0.1) is 0 Å². The Morgan fingerprint density at radius 3 is 2.62 bits per heavy atom. The van der Waals surface area contributed by atoms with Gasteiger partial charge >= 0.3 is 0 Å². The van der Waals surface area contributed by atoms with Gasteiger partial charge in [-0.25, -0.2) is 4.99 Å². The van der Waals surface area contributed by atoms with Gasteiger partial charge in [0.1, 0.15) is 5.75 Å². The van der Waals surface area contributed by atoms with Crippen molar-refractivity contribution in [3.05, 3.63) is 29.8 Å². The van der Waals surface area contributed by atoms with Crippen LogP contribution in [0.2, 0.25) is 0 Å². The van der Waals surface area contributed by atoms with Crippen LogP contribution in [0.25, 0.3) is 0 Å². The van der Waals surface area contributed by atoms with Crippen LogP contribution in [0.15, 0.2) is 29.3 Å². The van der Waals surface area contributed by atoms with Gasteiger partial charge in [-0.2, -0.15) is 0 Å². The minimum absolute atomic E-state index is 0.0607. The molecule has 0 radical (unpaired) electrons. The molecular weight excluding hydrogens is 328 g/mol. The van der Waals surface area contributed by atoms with E-state index in [2.05, 4.69) is 27.9 Å². The van der Waals surface area contributed by atoms with E-state index in [1.807, 2.05) is 52.0 Å². The van der Waals surface area contributed by atoms with E-state index in [1.54, 1.807) is 0 Å². The molecule has 1 aromatic rings. The van der Waals surface area contributed by atoms with Crippen molar-refractivity contribution in [2.45, 2.75) is 59.5 Å². The molecule has 0 aliphatic heterocycles. The molecular formula is C20H34N4O2. The van der Waals surface area contributed by atoms with Gasteiger partial charge in [0.15, 0.2) is 5.96 Å². The molecule has 26 heavy (non-hydrogen) atoms. The Morgan fingerprint density at radius 2 is 1.96 bits per heavy atom. The predicted octanol–water partition coefficient (Wildman–Crippen LogP) is 2.84. The van der Waals surface area contributed by atoms with E-state index in [0.29, 0.717) is 12.5 Å². The number of benzene rings is 1. The fourth-order valence-electron chi connectivity index (χ4n) is 2.21. The summed E-state index contributed by atoms with van der Waals surface area (Å²) in [7, 11) is 0. The molecule has 0 fully saturated rings. The van der Waals surface area contributed by atoms with Crippen LogP contribution in [0.3, 0.4) is 0 Å². The highest BCUT2D eigenvalue weighted by Crippen LogP contribution is 2.14. The summed E-state index contributed by atoms with van der Waals surface area (Å²) in [5.74, 6) is 1.43. The van der Waals surface area contributed by atoms with Crippen molar-refractivity contribution in [2.24, 2.45) is 4.99 Å². The molecule has 1 aromatic carbocycles. The summed E-state index contributed by atoms with van der Waals surface area (Å²) in [4.78, 5) is 16.5. The van der Waals surface area contributed by atoms with E-state index in [-0.39, 0.29) is 18.0 Å². The molecule has 1 rings (SSSR count). The zero-order valence-electron chi connectivity index (χ0n) is 16.8. The largest absolute Gasteiger partial charge is 0.494 e. The average molecular weight is 363 g/mol. The Labute approximate surface area is 157 Å². The second-order valence-electron chi connectivity index (χ2n) is 7.20. The van der Waals surface area contributed by atoms with Crippen molar-refractivity contribution >= 4 is 11.9 Å². The van der Waals surface area contributed by atoms with Gasteiger partial charge in [-0.05, 0) is 51.8 Å². The first-order valence-corrected chi connectivity index (χ1v) is 9.39. The quantitative estimate of drug-likeness (QED) is 0.359. The number of unbranched alkanes of at least 4 members (excludes halogenated alkanes) is 1. The molecule has 0 saturated heterocycles. The fourth-order valence-corrected chi connectivity index (χ4v) is 2.21. The van der Waals surface area contributed by atoms with E-state index in [0.717, 1.165) is 37.3 Å². The highest BCUT2D eigenvalue weighted by Gasteiger charge is 2.13. The summed E-state index contributed by atoms with van der Waals surface area (Å²) < 4.78 is 5.73. The topological polar surface area (TPSA) is 74.8 Å². The molecule has 0 heterocycles. The summed E-state index contributed by atoms with van der Waals surface area (Å²) in [6, 6.07) is 7.97. The van der Waals surface area contributed by atoms with Gasteiger partial charge in [-0.1, -0.05) is 25.5 Å². The molecule has 0 saturated carbocycles. The molecule has 0 aliphatic rings. The van der Waals surface area contributed by atoms with Crippen molar-refractivity contribution in [3.8, 4) is 5.75 Å². The SMILES string of the molecule is CCCCOc1cccc(CN=C(NCC)NCC(=O)NC(C)(C)C)c1. The van der Waals surface area contributed by atoms with Crippen LogP contribution in [0.5, 0.6) is 5.75 Å². The standard InChI is InChI=1S/C20H34N4O2/c1-6-8-12-26-17-11-9-10-16(13-17)14-22-19(21-7-2)23-15-18(25)24-20(3,4)5/h9-11,13H,6-8,12,14-15H2,1-5H3,(H,24,25)(H2,21,22,23). The number of ether oxygens (including phenoxy) is 1. The van der Waals surface area contributed by atoms with E-state index < -0.39 is 0 Å². The van der Waals surface area contributed by atoms with Crippen molar-refractivity contribution in [1.29, 1.82) is 0 Å². The maximum Gasteiger partial charge on any atom is 0.239 e. The first-order chi connectivity index (χ1) is 12.3. The lowest BCUT2D eigenvalue weighted by Gasteiger charge is -2.21. The highest BCUT2D eigenvalue weighted by atomic mass is 16.5. The number of nitrogens with zero attached hydrogens (tertiary/aromatic N) is 1. The van der Waals surface area contributed by atoms with E-state index in [9.17, 15) is 4.79 Å². The Balaban J connectivity index is 2.60. The lowest BCUT2D eigenvalue weighted by Crippen LogP contribution is -2.48. The zero-order valence-corrected chi connectivity index (χ0v) is 16.8. The molecule has 3 N–H and O–H groups in total. The number of rotatable bonds is 9. The molecule has 6 nitrogen and oxygen atoms in total. The molecule has 0 aliphatic carbocycles. The van der Waals surface area contributed by atoms with Crippen molar-refractivity contribution in [1.82, 2.24) is 16.0 Å². The van der Waals surface area contributed by atoms with Gasteiger partial charge in [0.2, 0.25) is 5.91 Å². The Bertz CT molecular complexity index is 579. The van der Waals surface area contributed by atoms with Gasteiger partial charge < -0.3 is 20.7 Å². The summed E-state index contributed by atoms with van der Waals surface area (Å²) in [6.07, 6.45) is 2.16. The van der Waals surface area contributed by atoms with Crippen LogP contribution in [0.1, 0.15) is 53.0 Å². The van der Waals surface area contributed by atoms with Crippen LogP contribution in [-0.4, -0.2) is 37.1 Å². The Kier molecular flexibility index (Phi) is 9.55. The summed E-state index contributed by atoms with van der Waals surface area (Å²) in [5, 5.41) is 9.14. The smallest absolute Gasteiger partial charge is 0.239 e. The Hall–Kier alpha value is -2.24. The molecule has 146 valence electrons. The molecule has 6 heteroatoms. The van der Waals surface area contributed by atoms with E-state index in [1.165, 1.54) is 0 Å². The number of hydrogen-bond donors (Lipinski definition) is 3. The highest BCUT2D eigenvalue weighted by molar-refractivity contribution is 5.86. The maximum absolute atomic E-state index is 11.9. The first-order valence-electron chi connectivity index (χ1n) is 9.39. The van der Waals surface area contributed by atoms with Gasteiger partial charge in [0.25, 0.3) is 0 Å². The minimum atomic E-state index is -0.244. The van der Waals surface area contributed by atoms with Crippen molar-refractivity contribution < 1.29 is 9.53 Å².